The van der Waals surface area contributed by atoms with Crippen molar-refractivity contribution in [3.63, 3.8) is 0 Å². The minimum atomic E-state index is 0.504. The third-order valence-electron chi connectivity index (χ3n) is 3.23. The van der Waals surface area contributed by atoms with Crippen LogP contribution in [0.1, 0.15) is 29.3 Å². The maximum Gasteiger partial charge on any atom is 0.131 e. The molecule has 0 amide bonds. The number of halogens is 1. The van der Waals surface area contributed by atoms with Crippen LogP contribution in [0.5, 0.6) is 0 Å². The van der Waals surface area contributed by atoms with Crippen LogP contribution in [0.25, 0.3) is 10.2 Å². The molecule has 4 nitrogen and oxygen atoms in total. The van der Waals surface area contributed by atoms with Gasteiger partial charge in [-0.2, -0.15) is 0 Å². The molecule has 124 valence electrons. The monoisotopic (exact) mass is 368 g/mol. The van der Waals surface area contributed by atoms with E-state index in [1.807, 2.05) is 31.5 Å². The molecule has 3 aromatic heterocycles. The van der Waals surface area contributed by atoms with Crippen molar-refractivity contribution in [3.8, 4) is 0 Å². The molecule has 0 aliphatic heterocycles. The minimum absolute atomic E-state index is 0.504. The first-order chi connectivity index (χ1) is 11.2. The summed E-state index contributed by atoms with van der Waals surface area (Å²) in [6, 6.07) is 1.87. The molecule has 3 rings (SSSR count). The number of rotatable bonds is 5. The second-order valence-corrected chi connectivity index (χ2v) is 7.11. The quantitative estimate of drug-likeness (QED) is 0.631. The Morgan fingerprint density at radius 2 is 2.13 bits per heavy atom. The molecule has 3 aromatic rings. The number of aryl methyl sites for hydroxylation is 1. The number of thiophene rings is 1. The first-order valence-corrected chi connectivity index (χ1v) is 9.67. The van der Waals surface area contributed by atoms with Crippen LogP contribution in [0.15, 0.2) is 17.6 Å². The van der Waals surface area contributed by atoms with Crippen LogP contribution < -0.4 is 11.1 Å². The molecule has 3 N–H and O–H groups in total. The Hall–Kier alpha value is -1.21. The highest BCUT2D eigenvalue weighted by atomic mass is 35.5. The van der Waals surface area contributed by atoms with Gasteiger partial charge in [-0.25, -0.2) is 9.97 Å². The van der Waals surface area contributed by atoms with Crippen molar-refractivity contribution in [1.82, 2.24) is 9.97 Å². The summed E-state index contributed by atoms with van der Waals surface area (Å²) in [7, 11) is 0. The number of aromatic nitrogens is 2. The average Bonchev–Trinajstić information content (AvgIpc) is 3.18. The lowest BCUT2D eigenvalue weighted by Crippen LogP contribution is -2.01. The maximum atomic E-state index is 6.16. The van der Waals surface area contributed by atoms with Gasteiger partial charge in [-0.3, -0.25) is 0 Å². The van der Waals surface area contributed by atoms with Crippen molar-refractivity contribution in [2.75, 3.05) is 11.9 Å². The number of thiazole rings is 1. The van der Waals surface area contributed by atoms with Gasteiger partial charge in [0.2, 0.25) is 0 Å². The molecule has 7 heteroatoms. The van der Waals surface area contributed by atoms with Crippen LogP contribution >= 0.6 is 34.3 Å². The number of anilines is 1. The average molecular weight is 369 g/mol. The Kier molecular flexibility index (Phi) is 6.77. The van der Waals surface area contributed by atoms with E-state index in [9.17, 15) is 0 Å². The zero-order chi connectivity index (χ0) is 16.8. The third-order valence-corrected chi connectivity index (χ3v) is 5.57. The van der Waals surface area contributed by atoms with Gasteiger partial charge in [0, 0.05) is 22.5 Å². The Labute approximate surface area is 149 Å². The summed E-state index contributed by atoms with van der Waals surface area (Å²) >= 11 is 9.53. The molecular weight excluding hydrogens is 348 g/mol. The molecular formula is C16H21ClN4S2. The zero-order valence-corrected chi connectivity index (χ0v) is 15.9. The van der Waals surface area contributed by atoms with E-state index in [2.05, 4.69) is 22.2 Å². The van der Waals surface area contributed by atoms with Crippen LogP contribution in [0, 0.1) is 6.92 Å². The van der Waals surface area contributed by atoms with Gasteiger partial charge in [0.1, 0.15) is 10.2 Å². The Morgan fingerprint density at radius 1 is 1.35 bits per heavy atom. The van der Waals surface area contributed by atoms with E-state index in [0.29, 0.717) is 18.2 Å². The van der Waals surface area contributed by atoms with Gasteiger partial charge in [0.25, 0.3) is 0 Å². The number of pyridine rings is 1. The van der Waals surface area contributed by atoms with E-state index in [1.165, 1.54) is 10.4 Å². The van der Waals surface area contributed by atoms with Crippen LogP contribution in [0.4, 0.5) is 5.69 Å². The molecule has 0 radical (unpaired) electrons. The summed E-state index contributed by atoms with van der Waals surface area (Å²) in [4.78, 5) is 10.0. The largest absolute Gasteiger partial charge is 0.377 e. The molecule has 0 bridgehead atoms. The van der Waals surface area contributed by atoms with Crippen LogP contribution in [-0.4, -0.2) is 16.5 Å². The standard InChI is InChI=1S/C14H15ClN4S2.C2H6/c1-8-10(2-3-16)21-14-9(6-11(15)19-13(8)14)18-7-12-17-4-5-20-12;1-2/h4-6H,2-3,7,16H2,1H3,(H,18,19);1-2H3. The molecule has 0 fully saturated rings. The van der Waals surface area contributed by atoms with Gasteiger partial charge < -0.3 is 11.1 Å². The predicted octanol–water partition coefficient (Wildman–Crippen LogP) is 4.85. The van der Waals surface area contributed by atoms with Crippen LogP contribution in [-0.2, 0) is 13.0 Å². The van der Waals surface area contributed by atoms with Gasteiger partial charge >= 0.3 is 0 Å². The fraction of sp³-hybridized carbons (Fsp3) is 0.375. The van der Waals surface area contributed by atoms with Gasteiger partial charge in [-0.05, 0) is 25.5 Å². The second-order valence-electron chi connectivity index (χ2n) is 4.64. The van der Waals surface area contributed by atoms with E-state index >= 15 is 0 Å². The van der Waals surface area contributed by atoms with Gasteiger partial charge in [-0.15, -0.1) is 22.7 Å². The number of hydrogen-bond donors (Lipinski definition) is 2. The topological polar surface area (TPSA) is 63.8 Å². The van der Waals surface area contributed by atoms with Crippen molar-refractivity contribution < 1.29 is 0 Å². The first kappa shape index (κ1) is 18.1. The summed E-state index contributed by atoms with van der Waals surface area (Å²) in [6.07, 6.45) is 2.68. The minimum Gasteiger partial charge on any atom is -0.377 e. The lowest BCUT2D eigenvalue weighted by Gasteiger charge is -2.06. The summed E-state index contributed by atoms with van der Waals surface area (Å²) in [5.74, 6) is 0. The van der Waals surface area contributed by atoms with E-state index in [0.717, 1.165) is 27.3 Å². The third kappa shape index (κ3) is 4.20. The number of hydrogen-bond acceptors (Lipinski definition) is 6. The number of nitrogens with two attached hydrogens (primary N) is 1. The van der Waals surface area contributed by atoms with E-state index in [1.54, 1.807) is 22.7 Å². The van der Waals surface area contributed by atoms with Crippen molar-refractivity contribution in [3.05, 3.63) is 38.2 Å². The highest BCUT2D eigenvalue weighted by Gasteiger charge is 2.14. The molecule has 0 saturated carbocycles. The van der Waals surface area contributed by atoms with Crippen molar-refractivity contribution in [1.29, 1.82) is 0 Å². The van der Waals surface area contributed by atoms with Crippen LogP contribution in [0.2, 0.25) is 5.15 Å². The SMILES string of the molecule is CC.Cc1c(CCN)sc2c(NCc3nccs3)cc(Cl)nc12. The molecule has 0 saturated heterocycles. The van der Waals surface area contributed by atoms with Crippen molar-refractivity contribution >= 4 is 50.2 Å². The highest BCUT2D eigenvalue weighted by molar-refractivity contribution is 7.19. The lowest BCUT2D eigenvalue weighted by molar-refractivity contribution is 0.981. The van der Waals surface area contributed by atoms with Crippen LogP contribution in [0.3, 0.4) is 0 Å². The fourth-order valence-electron chi connectivity index (χ4n) is 2.20. The molecule has 0 unspecified atom stereocenters. The molecule has 3 heterocycles. The number of nitrogens with zero attached hydrogens (tertiary/aromatic N) is 2. The fourth-order valence-corrected chi connectivity index (χ4v) is 4.21. The van der Waals surface area contributed by atoms with Crippen molar-refractivity contribution in [2.45, 2.75) is 33.7 Å². The number of fused-ring (bicyclic) bond motifs is 1. The van der Waals surface area contributed by atoms with Crippen molar-refractivity contribution in [2.24, 2.45) is 5.73 Å². The summed E-state index contributed by atoms with van der Waals surface area (Å²) in [6.45, 7) is 7.41. The highest BCUT2D eigenvalue weighted by Crippen LogP contribution is 2.36. The van der Waals surface area contributed by atoms with E-state index in [-0.39, 0.29) is 0 Å². The Balaban J connectivity index is 0.000000924. The molecule has 0 aliphatic carbocycles. The van der Waals surface area contributed by atoms with Gasteiger partial charge in [-0.1, -0.05) is 25.4 Å². The smallest absolute Gasteiger partial charge is 0.131 e. The number of nitrogens with one attached hydrogen (secondary N) is 1. The van der Waals surface area contributed by atoms with Gasteiger partial charge in [0.15, 0.2) is 0 Å². The Bertz CT molecular complexity index is 753. The molecule has 23 heavy (non-hydrogen) atoms. The lowest BCUT2D eigenvalue weighted by atomic mass is 10.2. The normalized spacial score (nSPS) is 10.5. The maximum absolute atomic E-state index is 6.16. The molecule has 0 aromatic carbocycles. The van der Waals surface area contributed by atoms with Gasteiger partial charge in [0.05, 0.1) is 22.4 Å². The summed E-state index contributed by atoms with van der Waals surface area (Å²) in [5.41, 5.74) is 8.84. The van der Waals surface area contributed by atoms with E-state index < -0.39 is 0 Å². The van der Waals surface area contributed by atoms with E-state index in [4.69, 9.17) is 17.3 Å². The Morgan fingerprint density at radius 3 is 2.78 bits per heavy atom. The second kappa shape index (κ2) is 8.59. The summed E-state index contributed by atoms with van der Waals surface area (Å²) in [5, 5.41) is 6.94. The first-order valence-electron chi connectivity index (χ1n) is 7.60. The molecule has 0 spiro atoms. The predicted molar refractivity (Wildman–Crippen MR) is 103 cm³/mol. The molecule has 0 aliphatic rings. The molecule has 0 atom stereocenters. The zero-order valence-electron chi connectivity index (χ0n) is 13.5. The summed E-state index contributed by atoms with van der Waals surface area (Å²) < 4.78 is 1.14.